The quantitative estimate of drug-likeness (QED) is 0.662. The zero-order valence-corrected chi connectivity index (χ0v) is 15.3. The van der Waals surface area contributed by atoms with Crippen molar-refractivity contribution in [2.24, 2.45) is 5.14 Å². The van der Waals surface area contributed by atoms with Gasteiger partial charge in [0.25, 0.3) is 0 Å². The van der Waals surface area contributed by atoms with E-state index in [1.807, 2.05) is 0 Å². The van der Waals surface area contributed by atoms with E-state index < -0.39 is 10.0 Å². The van der Waals surface area contributed by atoms with Gasteiger partial charge in [-0.2, -0.15) is 0 Å². The summed E-state index contributed by atoms with van der Waals surface area (Å²) in [5.74, 6) is 0. The van der Waals surface area contributed by atoms with Gasteiger partial charge in [-0.3, -0.25) is 0 Å². The summed E-state index contributed by atoms with van der Waals surface area (Å²) in [6, 6.07) is 5.49. The third kappa shape index (κ3) is 5.19. The molecule has 2 rings (SSSR count). The predicted molar refractivity (Wildman–Crippen MR) is 94.3 cm³/mol. The van der Waals surface area contributed by atoms with Crippen molar-refractivity contribution in [3.8, 4) is 0 Å². The Morgan fingerprint density at radius 1 is 1.12 bits per heavy atom. The molecule has 1 aliphatic rings. The van der Waals surface area contributed by atoms with E-state index >= 15 is 0 Å². The number of carbonyl (C=O) groups excluding carboxylic acids is 1. The minimum Gasteiger partial charge on any atom is -0.335 e. The zero-order chi connectivity index (χ0) is 18.2. The van der Waals surface area contributed by atoms with Crippen molar-refractivity contribution in [3.05, 3.63) is 24.3 Å². The number of nitrogens with one attached hydrogen (secondary N) is 3. The highest BCUT2D eigenvalue weighted by atomic mass is 32.2. The number of nitrogens with two attached hydrogens (primary N) is 1. The number of rotatable bonds is 3. The van der Waals surface area contributed by atoms with Crippen LogP contribution in [0.5, 0.6) is 0 Å². The summed E-state index contributed by atoms with van der Waals surface area (Å²) in [6.45, 7) is 8.47. The molecule has 0 saturated carbocycles. The fourth-order valence-electron chi connectivity index (χ4n) is 3.50. The van der Waals surface area contributed by atoms with Crippen LogP contribution in [0.2, 0.25) is 0 Å². The van der Waals surface area contributed by atoms with Gasteiger partial charge in [-0.05, 0) is 64.8 Å². The molecule has 0 unspecified atom stereocenters. The lowest BCUT2D eigenvalue weighted by Gasteiger charge is -2.46. The molecule has 2 amide bonds. The molecule has 1 heterocycles. The van der Waals surface area contributed by atoms with E-state index in [1.54, 1.807) is 0 Å². The molecule has 0 radical (unpaired) electrons. The summed E-state index contributed by atoms with van der Waals surface area (Å²) in [6.07, 6.45) is 1.66. The average Bonchev–Trinajstić information content (AvgIpc) is 2.33. The summed E-state index contributed by atoms with van der Waals surface area (Å²) in [4.78, 5) is 12.2. The smallest absolute Gasteiger partial charge is 0.319 e. The molecule has 1 fully saturated rings. The predicted octanol–water partition coefficient (Wildman–Crippen LogP) is 1.76. The monoisotopic (exact) mass is 354 g/mol. The standard InChI is InChI=1S/C16H26N4O3S/c1-15(2)9-12(10-16(3,4)20-15)19-14(21)18-11-5-7-13(8-6-11)24(17,22)23/h5-8,12,20H,9-10H2,1-4H3,(H2,17,22,23)(H2,18,19,21). The van der Waals surface area contributed by atoms with Crippen LogP contribution < -0.4 is 21.1 Å². The summed E-state index contributed by atoms with van der Waals surface area (Å²) >= 11 is 0. The zero-order valence-electron chi connectivity index (χ0n) is 14.5. The first kappa shape index (κ1) is 18.7. The number of hydrogen-bond acceptors (Lipinski definition) is 4. The fraction of sp³-hybridized carbons (Fsp3) is 0.562. The van der Waals surface area contributed by atoms with Gasteiger partial charge in [-0.1, -0.05) is 0 Å². The second kappa shape index (κ2) is 6.34. The van der Waals surface area contributed by atoms with Crippen LogP contribution in [0, 0.1) is 0 Å². The summed E-state index contributed by atoms with van der Waals surface area (Å²) in [5.41, 5.74) is 0.389. The van der Waals surface area contributed by atoms with E-state index in [4.69, 9.17) is 5.14 Å². The molecular weight excluding hydrogens is 328 g/mol. The van der Waals surface area contributed by atoms with Crippen LogP contribution in [-0.4, -0.2) is 31.6 Å². The Balaban J connectivity index is 1.98. The van der Waals surface area contributed by atoms with Gasteiger partial charge in [-0.25, -0.2) is 18.4 Å². The van der Waals surface area contributed by atoms with Crippen LogP contribution in [0.25, 0.3) is 0 Å². The lowest BCUT2D eigenvalue weighted by atomic mass is 9.80. The number of carbonyl (C=O) groups is 1. The average molecular weight is 354 g/mol. The van der Waals surface area contributed by atoms with E-state index in [-0.39, 0.29) is 28.0 Å². The van der Waals surface area contributed by atoms with Gasteiger partial charge in [-0.15, -0.1) is 0 Å². The number of urea groups is 1. The lowest BCUT2D eigenvalue weighted by molar-refractivity contribution is 0.149. The highest BCUT2D eigenvalue weighted by molar-refractivity contribution is 7.89. The van der Waals surface area contributed by atoms with E-state index in [1.165, 1.54) is 24.3 Å². The molecule has 24 heavy (non-hydrogen) atoms. The van der Waals surface area contributed by atoms with Crippen molar-refractivity contribution in [3.63, 3.8) is 0 Å². The topological polar surface area (TPSA) is 113 Å². The van der Waals surface area contributed by atoms with E-state index in [0.29, 0.717) is 5.69 Å². The molecule has 1 aromatic rings. The Hall–Kier alpha value is -1.64. The van der Waals surface area contributed by atoms with Gasteiger partial charge >= 0.3 is 6.03 Å². The first-order chi connectivity index (χ1) is 10.9. The van der Waals surface area contributed by atoms with Crippen molar-refractivity contribution in [1.29, 1.82) is 0 Å². The number of benzene rings is 1. The Morgan fingerprint density at radius 2 is 1.62 bits per heavy atom. The molecule has 8 heteroatoms. The molecule has 0 spiro atoms. The molecule has 0 bridgehead atoms. The summed E-state index contributed by atoms with van der Waals surface area (Å²) < 4.78 is 22.4. The molecule has 1 aliphatic heterocycles. The molecule has 0 aromatic heterocycles. The maximum Gasteiger partial charge on any atom is 0.319 e. The van der Waals surface area contributed by atoms with E-state index in [2.05, 4.69) is 43.6 Å². The molecule has 134 valence electrons. The van der Waals surface area contributed by atoms with Gasteiger partial charge in [0, 0.05) is 22.8 Å². The van der Waals surface area contributed by atoms with Crippen molar-refractivity contribution in [1.82, 2.24) is 10.6 Å². The van der Waals surface area contributed by atoms with Crippen molar-refractivity contribution in [2.75, 3.05) is 5.32 Å². The minimum atomic E-state index is -3.73. The number of anilines is 1. The number of primary sulfonamides is 1. The fourth-order valence-corrected chi connectivity index (χ4v) is 4.02. The second-order valence-corrected chi connectivity index (χ2v) is 9.23. The minimum absolute atomic E-state index is 0.00955. The van der Waals surface area contributed by atoms with Crippen LogP contribution >= 0.6 is 0 Å². The molecule has 7 nitrogen and oxygen atoms in total. The maximum atomic E-state index is 12.2. The van der Waals surface area contributed by atoms with E-state index in [0.717, 1.165) is 12.8 Å². The van der Waals surface area contributed by atoms with Gasteiger partial charge in [0.15, 0.2) is 0 Å². The highest BCUT2D eigenvalue weighted by Gasteiger charge is 2.38. The molecular formula is C16H26N4O3S. The van der Waals surface area contributed by atoms with Crippen LogP contribution in [-0.2, 0) is 10.0 Å². The molecule has 1 saturated heterocycles. The molecule has 5 N–H and O–H groups in total. The number of amides is 2. The summed E-state index contributed by atoms with van der Waals surface area (Å²) in [7, 11) is -3.73. The lowest BCUT2D eigenvalue weighted by Crippen LogP contribution is -2.62. The van der Waals surface area contributed by atoms with Crippen LogP contribution in [0.4, 0.5) is 10.5 Å². The van der Waals surface area contributed by atoms with Gasteiger partial charge in [0.05, 0.1) is 4.90 Å². The maximum absolute atomic E-state index is 12.2. The van der Waals surface area contributed by atoms with Gasteiger partial charge < -0.3 is 16.0 Å². The number of hydrogen-bond donors (Lipinski definition) is 4. The molecule has 0 atom stereocenters. The van der Waals surface area contributed by atoms with Crippen LogP contribution in [0.15, 0.2) is 29.2 Å². The second-order valence-electron chi connectivity index (χ2n) is 7.67. The van der Waals surface area contributed by atoms with E-state index in [9.17, 15) is 13.2 Å². The SMILES string of the molecule is CC1(C)CC(NC(=O)Nc2ccc(S(N)(=O)=O)cc2)CC(C)(C)N1. The normalized spacial score (nSPS) is 20.4. The van der Waals surface area contributed by atoms with Crippen molar-refractivity contribution in [2.45, 2.75) is 62.6 Å². The highest BCUT2D eigenvalue weighted by Crippen LogP contribution is 2.28. The van der Waals surface area contributed by atoms with Crippen molar-refractivity contribution < 1.29 is 13.2 Å². The third-order valence-electron chi connectivity index (χ3n) is 3.97. The molecule has 0 aliphatic carbocycles. The van der Waals surface area contributed by atoms with Crippen molar-refractivity contribution >= 4 is 21.7 Å². The third-order valence-corrected chi connectivity index (χ3v) is 4.90. The summed E-state index contributed by atoms with van der Waals surface area (Å²) in [5, 5.41) is 14.3. The largest absolute Gasteiger partial charge is 0.335 e. The number of sulfonamides is 1. The van der Waals surface area contributed by atoms with Crippen LogP contribution in [0.3, 0.4) is 0 Å². The Labute approximate surface area is 143 Å². The Morgan fingerprint density at radius 3 is 2.08 bits per heavy atom. The molecule has 1 aromatic carbocycles. The first-order valence-electron chi connectivity index (χ1n) is 7.86. The Kier molecular flexibility index (Phi) is 4.94. The Bertz CT molecular complexity index is 695. The van der Waals surface area contributed by atoms with Gasteiger partial charge in [0.1, 0.15) is 0 Å². The van der Waals surface area contributed by atoms with Gasteiger partial charge in [0.2, 0.25) is 10.0 Å². The first-order valence-corrected chi connectivity index (χ1v) is 9.41. The number of piperidine rings is 1. The van der Waals surface area contributed by atoms with Crippen LogP contribution in [0.1, 0.15) is 40.5 Å².